The summed E-state index contributed by atoms with van der Waals surface area (Å²) in [5.74, 6) is 0.247. The summed E-state index contributed by atoms with van der Waals surface area (Å²) in [6.45, 7) is 3.32. The fraction of sp³-hybridized carbons (Fsp3) is 0.600. The Balaban J connectivity index is 1.45. The number of likely N-dealkylation sites (tertiary alicyclic amines) is 1. The number of hydrogen-bond acceptors (Lipinski definition) is 4. The van der Waals surface area contributed by atoms with E-state index in [1.807, 2.05) is 30.2 Å². The summed E-state index contributed by atoms with van der Waals surface area (Å²) >= 11 is 0. The van der Waals surface area contributed by atoms with Crippen LogP contribution in [-0.4, -0.2) is 69.0 Å². The van der Waals surface area contributed by atoms with Gasteiger partial charge in [-0.3, -0.25) is 14.6 Å². The molecule has 0 spiro atoms. The van der Waals surface area contributed by atoms with Crippen molar-refractivity contribution in [2.75, 3.05) is 13.1 Å². The molecule has 8 nitrogen and oxygen atoms in total. The molecular weight excluding hydrogens is 360 g/mol. The van der Waals surface area contributed by atoms with E-state index >= 15 is 0 Å². The molecule has 3 saturated heterocycles. The van der Waals surface area contributed by atoms with E-state index in [4.69, 9.17) is 5.11 Å². The Labute approximate surface area is 163 Å². The van der Waals surface area contributed by atoms with Crippen molar-refractivity contribution in [2.45, 2.75) is 56.7 Å². The molecule has 4 rings (SSSR count). The molecule has 1 unspecified atom stereocenters. The second-order valence-electron chi connectivity index (χ2n) is 8.30. The summed E-state index contributed by atoms with van der Waals surface area (Å²) in [5.41, 5.74) is 1.13. The number of nitrogens with zero attached hydrogens (tertiary/aromatic N) is 3. The average Bonchev–Trinajstić information content (AvgIpc) is 2.98. The fourth-order valence-electron chi connectivity index (χ4n) is 4.90. The van der Waals surface area contributed by atoms with Crippen molar-refractivity contribution in [3.05, 3.63) is 30.1 Å². The molecule has 0 radical (unpaired) electrons. The number of fused-ring (bicyclic) bond motifs is 1. The highest BCUT2D eigenvalue weighted by molar-refractivity contribution is 5.92. The van der Waals surface area contributed by atoms with E-state index in [2.05, 4.69) is 10.3 Å². The van der Waals surface area contributed by atoms with E-state index < -0.39 is 18.2 Å². The summed E-state index contributed by atoms with van der Waals surface area (Å²) in [5, 5.41) is 11.4. The van der Waals surface area contributed by atoms with E-state index in [9.17, 15) is 14.4 Å². The van der Waals surface area contributed by atoms with Crippen LogP contribution in [0.3, 0.4) is 0 Å². The third kappa shape index (κ3) is 3.43. The lowest BCUT2D eigenvalue weighted by atomic mass is 9.91. The molecule has 3 aliphatic heterocycles. The molecule has 4 heterocycles. The number of hydrogen-bond donors (Lipinski definition) is 2. The minimum absolute atomic E-state index is 0.0142. The molecule has 0 bridgehead atoms. The van der Waals surface area contributed by atoms with E-state index in [-0.39, 0.29) is 29.7 Å². The molecule has 150 valence electrons. The van der Waals surface area contributed by atoms with Gasteiger partial charge >= 0.3 is 6.09 Å². The third-order valence-electron chi connectivity index (χ3n) is 6.30. The number of carboxylic acid groups (broad SMARTS) is 1. The van der Waals surface area contributed by atoms with E-state index in [1.165, 1.54) is 0 Å². The standard InChI is InChI=1S/C20H26N4O4/c1-12-7-15-4-5-17(24(15)18(25)16(8-12)22-20(27)28)19(26)23-10-14(11-23)13-3-2-6-21-9-13/h2-3,6,9,12,14-17,22H,4-5,7-8,10-11H2,1H3,(H,27,28)/t12?,15-,16+,17+/m1/s1. The lowest BCUT2D eigenvalue weighted by molar-refractivity contribution is -0.148. The van der Waals surface area contributed by atoms with Gasteiger partial charge in [0.25, 0.3) is 0 Å². The SMILES string of the molecule is CC1C[C@H]2CC[C@@H](C(=O)N3CC(c4cccnc4)C3)N2C(=O)[C@@H](NC(=O)O)C1. The monoisotopic (exact) mass is 386 g/mol. The first kappa shape index (κ1) is 18.7. The zero-order chi connectivity index (χ0) is 19.8. The molecule has 0 saturated carbocycles. The van der Waals surface area contributed by atoms with Gasteiger partial charge in [0.15, 0.2) is 0 Å². The van der Waals surface area contributed by atoms with Gasteiger partial charge in [0, 0.05) is 37.4 Å². The van der Waals surface area contributed by atoms with Crippen molar-refractivity contribution in [1.29, 1.82) is 0 Å². The molecular formula is C20H26N4O4. The Morgan fingerprint density at radius 2 is 2.04 bits per heavy atom. The number of carbonyl (C=O) groups excluding carboxylic acids is 2. The van der Waals surface area contributed by atoms with E-state index in [0.29, 0.717) is 25.9 Å². The molecule has 0 aliphatic carbocycles. The highest BCUT2D eigenvalue weighted by Gasteiger charge is 2.48. The summed E-state index contributed by atoms with van der Waals surface area (Å²) < 4.78 is 0. The largest absolute Gasteiger partial charge is 0.465 e. The Morgan fingerprint density at radius 3 is 2.71 bits per heavy atom. The van der Waals surface area contributed by atoms with Gasteiger partial charge in [0.05, 0.1) is 0 Å². The van der Waals surface area contributed by atoms with Crippen LogP contribution in [0.2, 0.25) is 0 Å². The Hall–Kier alpha value is -2.64. The molecule has 0 aromatic carbocycles. The maximum absolute atomic E-state index is 13.1. The predicted octanol–water partition coefficient (Wildman–Crippen LogP) is 1.43. The lowest BCUT2D eigenvalue weighted by Gasteiger charge is -2.42. The first-order valence-electron chi connectivity index (χ1n) is 9.94. The first-order chi connectivity index (χ1) is 13.4. The van der Waals surface area contributed by atoms with Gasteiger partial charge in [-0.15, -0.1) is 0 Å². The van der Waals surface area contributed by atoms with Crippen LogP contribution in [0, 0.1) is 5.92 Å². The van der Waals surface area contributed by atoms with Gasteiger partial charge in [-0.25, -0.2) is 4.79 Å². The summed E-state index contributed by atoms with van der Waals surface area (Å²) in [6.07, 6.45) is 5.10. The highest BCUT2D eigenvalue weighted by Crippen LogP contribution is 2.36. The van der Waals surface area contributed by atoms with Gasteiger partial charge in [-0.05, 0) is 43.2 Å². The van der Waals surface area contributed by atoms with Crippen LogP contribution >= 0.6 is 0 Å². The van der Waals surface area contributed by atoms with Gasteiger partial charge in [-0.1, -0.05) is 13.0 Å². The smallest absolute Gasteiger partial charge is 0.405 e. The molecule has 3 aliphatic rings. The third-order valence-corrected chi connectivity index (χ3v) is 6.30. The summed E-state index contributed by atoms with van der Waals surface area (Å²) in [4.78, 5) is 44.9. The number of pyridine rings is 1. The van der Waals surface area contributed by atoms with Crippen LogP contribution in [0.5, 0.6) is 0 Å². The number of amides is 3. The molecule has 3 fully saturated rings. The van der Waals surface area contributed by atoms with Gasteiger partial charge < -0.3 is 20.2 Å². The maximum atomic E-state index is 13.1. The van der Waals surface area contributed by atoms with Crippen molar-refractivity contribution in [3.63, 3.8) is 0 Å². The van der Waals surface area contributed by atoms with Crippen LogP contribution in [0.25, 0.3) is 0 Å². The minimum Gasteiger partial charge on any atom is -0.465 e. The minimum atomic E-state index is -1.20. The van der Waals surface area contributed by atoms with Gasteiger partial charge in [-0.2, -0.15) is 0 Å². The number of nitrogens with one attached hydrogen (secondary N) is 1. The van der Waals surface area contributed by atoms with Crippen LogP contribution in [0.1, 0.15) is 44.1 Å². The van der Waals surface area contributed by atoms with Gasteiger partial charge in [0.2, 0.25) is 11.8 Å². The maximum Gasteiger partial charge on any atom is 0.405 e. The fourth-order valence-corrected chi connectivity index (χ4v) is 4.90. The molecule has 3 amide bonds. The molecule has 2 N–H and O–H groups in total. The topological polar surface area (TPSA) is 103 Å². The number of aromatic nitrogens is 1. The zero-order valence-corrected chi connectivity index (χ0v) is 16.0. The lowest BCUT2D eigenvalue weighted by Crippen LogP contribution is -2.58. The predicted molar refractivity (Wildman–Crippen MR) is 101 cm³/mol. The average molecular weight is 386 g/mol. The van der Waals surface area contributed by atoms with Crippen molar-refractivity contribution in [2.24, 2.45) is 5.92 Å². The van der Waals surface area contributed by atoms with Crippen LogP contribution in [-0.2, 0) is 9.59 Å². The Morgan fingerprint density at radius 1 is 1.25 bits per heavy atom. The second-order valence-corrected chi connectivity index (χ2v) is 8.30. The highest BCUT2D eigenvalue weighted by atomic mass is 16.4. The Kier molecular flexibility index (Phi) is 4.95. The van der Waals surface area contributed by atoms with Gasteiger partial charge in [0.1, 0.15) is 12.1 Å². The zero-order valence-electron chi connectivity index (χ0n) is 16.0. The number of rotatable bonds is 3. The van der Waals surface area contributed by atoms with E-state index in [1.54, 1.807) is 11.1 Å². The van der Waals surface area contributed by atoms with Crippen molar-refractivity contribution in [1.82, 2.24) is 20.1 Å². The molecule has 28 heavy (non-hydrogen) atoms. The van der Waals surface area contributed by atoms with E-state index in [0.717, 1.165) is 18.4 Å². The van der Waals surface area contributed by atoms with Crippen LogP contribution in [0.15, 0.2) is 24.5 Å². The summed E-state index contributed by atoms with van der Waals surface area (Å²) in [7, 11) is 0. The first-order valence-corrected chi connectivity index (χ1v) is 9.94. The quantitative estimate of drug-likeness (QED) is 0.818. The molecule has 8 heteroatoms. The summed E-state index contributed by atoms with van der Waals surface area (Å²) in [6, 6.07) is 2.69. The molecule has 1 aromatic rings. The van der Waals surface area contributed by atoms with Crippen molar-refractivity contribution < 1.29 is 19.5 Å². The molecule has 1 aromatic heterocycles. The Bertz CT molecular complexity index is 765. The normalized spacial score (nSPS) is 30.4. The van der Waals surface area contributed by atoms with Crippen LogP contribution in [0.4, 0.5) is 4.79 Å². The molecule has 4 atom stereocenters. The number of carbonyl (C=O) groups is 3. The van der Waals surface area contributed by atoms with Crippen molar-refractivity contribution in [3.8, 4) is 0 Å². The second kappa shape index (κ2) is 7.41. The van der Waals surface area contributed by atoms with Crippen LogP contribution < -0.4 is 5.32 Å². The van der Waals surface area contributed by atoms with Crippen molar-refractivity contribution >= 4 is 17.9 Å².